The lowest BCUT2D eigenvalue weighted by molar-refractivity contribution is 0.0336. The Bertz CT molecular complexity index is 239. The van der Waals surface area contributed by atoms with E-state index in [1.165, 1.54) is 64.6 Å². The Kier molecular flexibility index (Phi) is 5.46. The van der Waals surface area contributed by atoms with Gasteiger partial charge in [-0.1, -0.05) is 26.2 Å². The molecule has 1 atom stereocenters. The summed E-state index contributed by atoms with van der Waals surface area (Å²) in [4.78, 5) is 2.79. The number of hydrogen-bond donors (Lipinski definition) is 1. The second-order valence-electron chi connectivity index (χ2n) is 6.09. The van der Waals surface area contributed by atoms with Crippen LogP contribution >= 0.6 is 0 Å². The summed E-state index contributed by atoms with van der Waals surface area (Å²) >= 11 is 0. The monoisotopic (exact) mass is 254 g/mol. The van der Waals surface area contributed by atoms with Crippen LogP contribution in [0.1, 0.15) is 51.9 Å². The molecule has 0 aromatic carbocycles. The summed E-state index contributed by atoms with van der Waals surface area (Å²) in [6.07, 6.45) is 9.41. The average molecular weight is 254 g/mol. The van der Waals surface area contributed by atoms with Gasteiger partial charge in [0, 0.05) is 44.9 Å². The van der Waals surface area contributed by atoms with Crippen LogP contribution < -0.4 is 5.32 Å². The Morgan fingerprint density at radius 3 is 2.78 bits per heavy atom. The average Bonchev–Trinajstić information content (AvgIpc) is 2.84. The van der Waals surface area contributed by atoms with Crippen LogP contribution in [0.5, 0.6) is 0 Å². The molecule has 0 radical (unpaired) electrons. The molecule has 1 heterocycles. The van der Waals surface area contributed by atoms with Crippen molar-refractivity contribution < 1.29 is 4.74 Å². The summed E-state index contributed by atoms with van der Waals surface area (Å²) in [5.41, 5.74) is 0.484. The highest BCUT2D eigenvalue weighted by molar-refractivity contribution is 5.01. The smallest absolute Gasteiger partial charge is 0.0474 e. The van der Waals surface area contributed by atoms with Crippen molar-refractivity contribution in [3.63, 3.8) is 0 Å². The van der Waals surface area contributed by atoms with Crippen molar-refractivity contribution in [3.8, 4) is 0 Å². The third-order valence-electron chi connectivity index (χ3n) is 4.78. The fourth-order valence-corrected chi connectivity index (χ4v) is 3.77. The van der Waals surface area contributed by atoms with Crippen LogP contribution in [0.15, 0.2) is 0 Å². The molecule has 3 heteroatoms. The second kappa shape index (κ2) is 6.88. The molecule has 3 nitrogen and oxygen atoms in total. The lowest BCUT2D eigenvalue weighted by atomic mass is 9.90. The van der Waals surface area contributed by atoms with Crippen LogP contribution in [0.4, 0.5) is 0 Å². The molecule has 1 aliphatic heterocycles. The Labute approximate surface area is 112 Å². The molecular weight excluding hydrogens is 224 g/mol. The summed E-state index contributed by atoms with van der Waals surface area (Å²) in [5.74, 6) is 0. The van der Waals surface area contributed by atoms with Crippen molar-refractivity contribution in [3.05, 3.63) is 0 Å². The van der Waals surface area contributed by atoms with Crippen LogP contribution in [0, 0.1) is 0 Å². The predicted octanol–water partition coefficient (Wildman–Crippen LogP) is 2.41. The number of methoxy groups -OCH3 is 1. The number of nitrogens with one attached hydrogen (secondary N) is 1. The molecule has 2 rings (SSSR count). The number of rotatable bonds is 6. The maximum atomic E-state index is 5.22. The molecule has 2 aliphatic rings. The van der Waals surface area contributed by atoms with E-state index in [1.807, 2.05) is 7.11 Å². The zero-order chi connectivity index (χ0) is 12.8. The van der Waals surface area contributed by atoms with Crippen molar-refractivity contribution in [2.24, 2.45) is 0 Å². The van der Waals surface area contributed by atoms with Gasteiger partial charge in [-0.25, -0.2) is 0 Å². The minimum atomic E-state index is 0.484. The highest BCUT2D eigenvalue weighted by Crippen LogP contribution is 2.37. The summed E-state index contributed by atoms with van der Waals surface area (Å²) in [6, 6.07) is 0.712. The van der Waals surface area contributed by atoms with Gasteiger partial charge < -0.3 is 10.1 Å². The molecule has 1 saturated heterocycles. The molecule has 1 aliphatic carbocycles. The van der Waals surface area contributed by atoms with Gasteiger partial charge in [0.25, 0.3) is 0 Å². The summed E-state index contributed by atoms with van der Waals surface area (Å²) in [6.45, 7) is 6.87. The van der Waals surface area contributed by atoms with Crippen LogP contribution in [0.25, 0.3) is 0 Å². The zero-order valence-corrected chi connectivity index (χ0v) is 12.2. The molecule has 0 bridgehead atoms. The Hall–Kier alpha value is -0.120. The molecule has 1 N–H and O–H groups in total. The van der Waals surface area contributed by atoms with Gasteiger partial charge in [0.05, 0.1) is 0 Å². The first-order valence-electron chi connectivity index (χ1n) is 7.78. The van der Waals surface area contributed by atoms with Crippen LogP contribution in [0.2, 0.25) is 0 Å². The van der Waals surface area contributed by atoms with Crippen molar-refractivity contribution in [1.82, 2.24) is 10.2 Å². The van der Waals surface area contributed by atoms with Gasteiger partial charge in [0.1, 0.15) is 0 Å². The van der Waals surface area contributed by atoms with Gasteiger partial charge >= 0.3 is 0 Å². The van der Waals surface area contributed by atoms with E-state index in [1.54, 1.807) is 0 Å². The van der Waals surface area contributed by atoms with Gasteiger partial charge in [-0.15, -0.1) is 0 Å². The molecule has 1 spiro atoms. The third-order valence-corrected chi connectivity index (χ3v) is 4.78. The first-order chi connectivity index (χ1) is 8.80. The van der Waals surface area contributed by atoms with Crippen molar-refractivity contribution >= 4 is 0 Å². The standard InChI is InChI=1S/C15H30N2O/c1-3-7-14-12-17(10-6-11-18-2)15(13-16-14)8-4-5-9-15/h14,16H,3-13H2,1-2H3. The van der Waals surface area contributed by atoms with Gasteiger partial charge in [0.15, 0.2) is 0 Å². The Morgan fingerprint density at radius 1 is 1.33 bits per heavy atom. The SMILES string of the molecule is CCCC1CN(CCCOC)C2(CCCC2)CN1. The molecule has 18 heavy (non-hydrogen) atoms. The second-order valence-corrected chi connectivity index (χ2v) is 6.09. The molecular formula is C15H30N2O. The van der Waals surface area contributed by atoms with Crippen LogP contribution in [-0.4, -0.2) is 49.8 Å². The number of hydrogen-bond acceptors (Lipinski definition) is 3. The van der Waals surface area contributed by atoms with E-state index in [-0.39, 0.29) is 0 Å². The van der Waals surface area contributed by atoms with E-state index in [4.69, 9.17) is 4.74 Å². The van der Waals surface area contributed by atoms with Crippen molar-refractivity contribution in [2.75, 3.05) is 33.4 Å². The van der Waals surface area contributed by atoms with Crippen molar-refractivity contribution in [1.29, 1.82) is 0 Å². The molecule has 106 valence electrons. The summed E-state index contributed by atoms with van der Waals surface area (Å²) in [7, 11) is 1.81. The van der Waals surface area contributed by atoms with E-state index >= 15 is 0 Å². The lowest BCUT2D eigenvalue weighted by Gasteiger charge is -2.48. The van der Waals surface area contributed by atoms with Gasteiger partial charge in [-0.3, -0.25) is 4.90 Å². The predicted molar refractivity (Wildman–Crippen MR) is 76.0 cm³/mol. The van der Waals surface area contributed by atoms with E-state index in [9.17, 15) is 0 Å². The molecule has 2 fully saturated rings. The minimum Gasteiger partial charge on any atom is -0.385 e. The highest BCUT2D eigenvalue weighted by atomic mass is 16.5. The topological polar surface area (TPSA) is 24.5 Å². The van der Waals surface area contributed by atoms with E-state index in [2.05, 4.69) is 17.1 Å². The fourth-order valence-electron chi connectivity index (χ4n) is 3.77. The van der Waals surface area contributed by atoms with E-state index < -0.39 is 0 Å². The number of piperazine rings is 1. The first kappa shape index (κ1) is 14.3. The van der Waals surface area contributed by atoms with E-state index in [0.29, 0.717) is 11.6 Å². The van der Waals surface area contributed by atoms with Gasteiger partial charge in [0.2, 0.25) is 0 Å². The molecule has 1 unspecified atom stereocenters. The maximum absolute atomic E-state index is 5.22. The molecule has 0 aromatic heterocycles. The first-order valence-corrected chi connectivity index (χ1v) is 7.78. The number of ether oxygens (including phenoxy) is 1. The largest absolute Gasteiger partial charge is 0.385 e. The van der Waals surface area contributed by atoms with Crippen LogP contribution in [0.3, 0.4) is 0 Å². The quantitative estimate of drug-likeness (QED) is 0.737. The van der Waals surface area contributed by atoms with Crippen LogP contribution in [-0.2, 0) is 4.74 Å². The Balaban J connectivity index is 1.92. The molecule has 0 amide bonds. The third kappa shape index (κ3) is 3.25. The summed E-state index contributed by atoms with van der Waals surface area (Å²) in [5, 5.41) is 3.80. The van der Waals surface area contributed by atoms with Crippen molar-refractivity contribution in [2.45, 2.75) is 63.5 Å². The van der Waals surface area contributed by atoms with Gasteiger partial charge in [-0.2, -0.15) is 0 Å². The summed E-state index contributed by atoms with van der Waals surface area (Å²) < 4.78 is 5.22. The fraction of sp³-hybridized carbons (Fsp3) is 1.00. The number of nitrogens with zero attached hydrogens (tertiary/aromatic N) is 1. The van der Waals surface area contributed by atoms with Gasteiger partial charge in [-0.05, 0) is 25.7 Å². The minimum absolute atomic E-state index is 0.484. The zero-order valence-electron chi connectivity index (χ0n) is 12.2. The lowest BCUT2D eigenvalue weighted by Crippen LogP contribution is -2.63. The normalized spacial score (nSPS) is 28.0. The maximum Gasteiger partial charge on any atom is 0.0474 e. The van der Waals surface area contributed by atoms with E-state index in [0.717, 1.165) is 6.61 Å². The Morgan fingerprint density at radius 2 is 2.11 bits per heavy atom. The highest BCUT2D eigenvalue weighted by Gasteiger charge is 2.42. The molecule has 0 aromatic rings. The molecule has 1 saturated carbocycles.